The largest absolute Gasteiger partial charge is 0.310 e. The second-order valence-electron chi connectivity index (χ2n) is 13.6. The number of benzene rings is 7. The highest BCUT2D eigenvalue weighted by Crippen LogP contribution is 2.50. The Morgan fingerprint density at radius 1 is 0.400 bits per heavy atom. The number of nitrogens with zero attached hydrogens (tertiary/aromatic N) is 2. The summed E-state index contributed by atoms with van der Waals surface area (Å²) in [4.78, 5) is 7.54. The van der Waals surface area contributed by atoms with Gasteiger partial charge in [0, 0.05) is 39.0 Å². The Hall–Kier alpha value is -6.25. The van der Waals surface area contributed by atoms with Crippen molar-refractivity contribution in [2.24, 2.45) is 0 Å². The van der Waals surface area contributed by atoms with Crippen LogP contribution in [-0.4, -0.2) is 4.98 Å². The molecule has 0 saturated heterocycles. The van der Waals surface area contributed by atoms with Crippen molar-refractivity contribution in [3.05, 3.63) is 193 Å². The van der Waals surface area contributed by atoms with Crippen LogP contribution in [0.2, 0.25) is 0 Å². The van der Waals surface area contributed by atoms with Crippen molar-refractivity contribution in [1.29, 1.82) is 0 Å². The second-order valence-corrected chi connectivity index (χ2v) is 13.6. The number of aromatic nitrogens is 1. The molecule has 0 radical (unpaired) electrons. The fourth-order valence-electron chi connectivity index (χ4n) is 7.65. The van der Waals surface area contributed by atoms with Crippen LogP contribution in [-0.2, 0) is 5.41 Å². The summed E-state index contributed by atoms with van der Waals surface area (Å²) in [6, 6.07) is 65.5. The maximum atomic E-state index is 5.16. The SMILES string of the molecule is CC1(C)c2ccccc2-c2ccc(N(c3ccc(-c4ccccc4)cc3)c3ccc(-c4cc5ccccc5nc4-c4ccccc4)cc3)cc21. The molecule has 1 aromatic heterocycles. The van der Waals surface area contributed by atoms with E-state index in [4.69, 9.17) is 4.98 Å². The minimum absolute atomic E-state index is 0.0917. The lowest BCUT2D eigenvalue weighted by atomic mass is 9.82. The Morgan fingerprint density at radius 2 is 0.940 bits per heavy atom. The minimum Gasteiger partial charge on any atom is -0.310 e. The van der Waals surface area contributed by atoms with E-state index in [1.165, 1.54) is 33.4 Å². The van der Waals surface area contributed by atoms with E-state index in [2.05, 4.69) is 201 Å². The third-order valence-electron chi connectivity index (χ3n) is 10.3. The Kier molecular flexibility index (Phi) is 7.17. The lowest BCUT2D eigenvalue weighted by molar-refractivity contribution is 0.660. The average molecular weight is 641 g/mol. The van der Waals surface area contributed by atoms with Crippen molar-refractivity contribution >= 4 is 28.0 Å². The smallest absolute Gasteiger partial charge is 0.0788 e. The van der Waals surface area contributed by atoms with E-state index in [-0.39, 0.29) is 5.41 Å². The van der Waals surface area contributed by atoms with Gasteiger partial charge in [-0.05, 0) is 87.5 Å². The van der Waals surface area contributed by atoms with Gasteiger partial charge in [-0.1, -0.05) is 147 Å². The van der Waals surface area contributed by atoms with E-state index in [1.54, 1.807) is 0 Å². The summed E-state index contributed by atoms with van der Waals surface area (Å²) in [5.74, 6) is 0. The van der Waals surface area contributed by atoms with Crippen molar-refractivity contribution < 1.29 is 0 Å². The topological polar surface area (TPSA) is 16.1 Å². The van der Waals surface area contributed by atoms with Crippen molar-refractivity contribution in [1.82, 2.24) is 4.98 Å². The van der Waals surface area contributed by atoms with Crippen LogP contribution in [0.3, 0.4) is 0 Å². The van der Waals surface area contributed by atoms with Gasteiger partial charge in [-0.25, -0.2) is 4.98 Å². The summed E-state index contributed by atoms with van der Waals surface area (Å²) in [7, 11) is 0. The third-order valence-corrected chi connectivity index (χ3v) is 10.3. The van der Waals surface area contributed by atoms with Crippen LogP contribution in [0.5, 0.6) is 0 Å². The van der Waals surface area contributed by atoms with Crippen molar-refractivity contribution in [3.8, 4) is 44.6 Å². The van der Waals surface area contributed by atoms with E-state index in [0.29, 0.717) is 0 Å². The lowest BCUT2D eigenvalue weighted by Gasteiger charge is -2.28. The Bertz CT molecular complexity index is 2480. The molecule has 0 spiro atoms. The molecule has 0 atom stereocenters. The van der Waals surface area contributed by atoms with Crippen LogP contribution in [0.1, 0.15) is 25.0 Å². The zero-order chi connectivity index (χ0) is 33.7. The van der Waals surface area contributed by atoms with Crippen LogP contribution in [0.25, 0.3) is 55.5 Å². The van der Waals surface area contributed by atoms with E-state index >= 15 is 0 Å². The Balaban J connectivity index is 1.17. The summed E-state index contributed by atoms with van der Waals surface area (Å²) in [6.07, 6.45) is 0. The molecule has 9 rings (SSSR count). The molecule has 0 unspecified atom stereocenters. The molecule has 0 aliphatic heterocycles. The highest BCUT2D eigenvalue weighted by molar-refractivity contribution is 5.92. The predicted octanol–water partition coefficient (Wildman–Crippen LogP) is 13.0. The third kappa shape index (κ3) is 5.09. The maximum Gasteiger partial charge on any atom is 0.0788 e. The summed E-state index contributed by atoms with van der Waals surface area (Å²) in [5.41, 5.74) is 16.4. The summed E-state index contributed by atoms with van der Waals surface area (Å²) in [6.45, 7) is 4.69. The minimum atomic E-state index is -0.0917. The maximum absolute atomic E-state index is 5.16. The fourth-order valence-corrected chi connectivity index (χ4v) is 7.65. The van der Waals surface area contributed by atoms with Gasteiger partial charge in [0.2, 0.25) is 0 Å². The molecule has 1 heterocycles. The molecule has 0 N–H and O–H groups in total. The molecule has 0 amide bonds. The van der Waals surface area contributed by atoms with Crippen LogP contribution >= 0.6 is 0 Å². The molecule has 1 aliphatic carbocycles. The molecule has 50 heavy (non-hydrogen) atoms. The van der Waals surface area contributed by atoms with Gasteiger partial charge in [0.05, 0.1) is 11.2 Å². The second kappa shape index (κ2) is 12.0. The van der Waals surface area contributed by atoms with Gasteiger partial charge in [-0.15, -0.1) is 0 Å². The molecular formula is C48H36N2. The van der Waals surface area contributed by atoms with E-state index in [0.717, 1.165) is 50.3 Å². The number of rotatable bonds is 6. The highest BCUT2D eigenvalue weighted by Gasteiger charge is 2.35. The van der Waals surface area contributed by atoms with Crippen LogP contribution < -0.4 is 4.90 Å². The molecule has 238 valence electrons. The van der Waals surface area contributed by atoms with Gasteiger partial charge in [-0.3, -0.25) is 0 Å². The predicted molar refractivity (Wildman–Crippen MR) is 210 cm³/mol. The first-order valence-corrected chi connectivity index (χ1v) is 17.3. The molecule has 7 aromatic carbocycles. The standard InChI is InChI=1S/C48H36N2/c1-48(2)44-19-11-10-18-41(44)42-30-29-40(32-45(42)48)50(38-25-21-34(22-26-38)33-13-5-3-6-14-33)39-27-23-35(24-28-39)43-31-37-17-9-12-20-46(37)49-47(43)36-15-7-4-8-16-36/h3-32H,1-2H3. The van der Waals surface area contributed by atoms with Gasteiger partial charge >= 0.3 is 0 Å². The van der Waals surface area contributed by atoms with Gasteiger partial charge in [-0.2, -0.15) is 0 Å². The van der Waals surface area contributed by atoms with Gasteiger partial charge in [0.15, 0.2) is 0 Å². The molecule has 0 bridgehead atoms. The zero-order valence-electron chi connectivity index (χ0n) is 28.2. The number of pyridine rings is 1. The van der Waals surface area contributed by atoms with E-state index in [1.807, 2.05) is 0 Å². The van der Waals surface area contributed by atoms with Gasteiger partial charge in [0.1, 0.15) is 0 Å². The molecule has 2 heteroatoms. The molecule has 1 aliphatic rings. The molecule has 2 nitrogen and oxygen atoms in total. The number of para-hydroxylation sites is 1. The van der Waals surface area contributed by atoms with E-state index < -0.39 is 0 Å². The van der Waals surface area contributed by atoms with Crippen LogP contribution in [0, 0.1) is 0 Å². The fraction of sp³-hybridized carbons (Fsp3) is 0.0625. The Labute approximate surface area is 294 Å². The number of hydrogen-bond acceptors (Lipinski definition) is 2. The van der Waals surface area contributed by atoms with Crippen LogP contribution in [0.15, 0.2) is 182 Å². The first-order chi connectivity index (χ1) is 24.5. The zero-order valence-corrected chi connectivity index (χ0v) is 28.2. The molecule has 8 aromatic rings. The molecule has 0 fully saturated rings. The first-order valence-electron chi connectivity index (χ1n) is 17.3. The number of anilines is 3. The average Bonchev–Trinajstić information content (AvgIpc) is 3.41. The number of fused-ring (bicyclic) bond motifs is 4. The summed E-state index contributed by atoms with van der Waals surface area (Å²) < 4.78 is 0. The van der Waals surface area contributed by atoms with Gasteiger partial charge < -0.3 is 4.90 Å². The number of hydrogen-bond donors (Lipinski definition) is 0. The van der Waals surface area contributed by atoms with Crippen molar-refractivity contribution in [2.45, 2.75) is 19.3 Å². The molecule has 0 saturated carbocycles. The quantitative estimate of drug-likeness (QED) is 0.180. The van der Waals surface area contributed by atoms with Crippen molar-refractivity contribution in [3.63, 3.8) is 0 Å². The normalized spacial score (nSPS) is 12.8. The lowest BCUT2D eigenvalue weighted by Crippen LogP contribution is -2.16. The first kappa shape index (κ1) is 29.9. The van der Waals surface area contributed by atoms with Crippen molar-refractivity contribution in [2.75, 3.05) is 4.90 Å². The summed E-state index contributed by atoms with van der Waals surface area (Å²) in [5, 5.41) is 1.13. The van der Waals surface area contributed by atoms with Gasteiger partial charge in [0.25, 0.3) is 0 Å². The van der Waals surface area contributed by atoms with E-state index in [9.17, 15) is 0 Å². The molecular weight excluding hydrogens is 605 g/mol. The highest BCUT2D eigenvalue weighted by atomic mass is 15.1. The summed E-state index contributed by atoms with van der Waals surface area (Å²) >= 11 is 0. The Morgan fingerprint density at radius 3 is 1.66 bits per heavy atom. The van der Waals surface area contributed by atoms with Crippen LogP contribution in [0.4, 0.5) is 17.1 Å². The monoisotopic (exact) mass is 640 g/mol.